The van der Waals surface area contributed by atoms with Gasteiger partial charge in [-0.3, -0.25) is 14.8 Å². The highest BCUT2D eigenvalue weighted by Gasteiger charge is 2.04. The van der Waals surface area contributed by atoms with Crippen LogP contribution in [0.4, 0.5) is 5.69 Å². The summed E-state index contributed by atoms with van der Waals surface area (Å²) < 4.78 is 0. The highest BCUT2D eigenvalue weighted by molar-refractivity contribution is 6.30. The number of carbonyl (C=O) groups excluding carboxylic acids is 2. The van der Waals surface area contributed by atoms with Gasteiger partial charge in [-0.2, -0.15) is 0 Å². The minimum absolute atomic E-state index is 0.154. The van der Waals surface area contributed by atoms with Gasteiger partial charge in [-0.1, -0.05) is 23.7 Å². The zero-order chi connectivity index (χ0) is 16.7. The van der Waals surface area contributed by atoms with Crippen LogP contribution in [0.15, 0.2) is 48.5 Å². The maximum absolute atomic E-state index is 11.8. The topological polar surface area (TPSA) is 90.5 Å². The number of hydrogen-bond donors (Lipinski definition) is 4. The molecule has 6 nitrogen and oxygen atoms in total. The predicted molar refractivity (Wildman–Crippen MR) is 87.5 cm³/mol. The molecule has 2 aromatic rings. The molecule has 0 fully saturated rings. The van der Waals surface area contributed by atoms with Gasteiger partial charge in [0.2, 0.25) is 5.91 Å². The molecule has 2 rings (SSSR count). The molecule has 0 atom stereocenters. The maximum Gasteiger partial charge on any atom is 0.274 e. The Labute approximate surface area is 138 Å². The Kier molecular flexibility index (Phi) is 6.10. The molecule has 0 bridgehead atoms. The minimum atomic E-state index is -0.563. The molecule has 0 aliphatic rings. The second kappa shape index (κ2) is 8.28. The molecule has 0 saturated heterocycles. The molecule has 0 aliphatic heterocycles. The summed E-state index contributed by atoms with van der Waals surface area (Å²) in [4.78, 5) is 23.0. The summed E-state index contributed by atoms with van der Waals surface area (Å²) in [6.45, 7) is 0.635. The second-order valence-corrected chi connectivity index (χ2v) is 5.23. The van der Waals surface area contributed by atoms with E-state index in [0.717, 1.165) is 5.56 Å². The molecule has 0 radical (unpaired) electrons. The molecular weight excluding hydrogens is 318 g/mol. The summed E-state index contributed by atoms with van der Waals surface area (Å²) in [5, 5.41) is 14.9. The lowest BCUT2D eigenvalue weighted by molar-refractivity contribution is -0.115. The van der Waals surface area contributed by atoms with Crippen LogP contribution in [0.3, 0.4) is 0 Å². The van der Waals surface area contributed by atoms with Crippen LogP contribution in [0, 0.1) is 0 Å². The van der Waals surface area contributed by atoms with Gasteiger partial charge in [0.25, 0.3) is 5.91 Å². The van der Waals surface area contributed by atoms with Crippen LogP contribution >= 0.6 is 11.6 Å². The van der Waals surface area contributed by atoms with Crippen molar-refractivity contribution in [3.8, 4) is 0 Å². The van der Waals surface area contributed by atoms with Gasteiger partial charge in [0.1, 0.15) is 0 Å². The summed E-state index contributed by atoms with van der Waals surface area (Å²) in [7, 11) is 0. The molecule has 0 unspecified atom stereocenters. The number of anilines is 1. The summed E-state index contributed by atoms with van der Waals surface area (Å²) in [6.07, 6.45) is 0. The number of amides is 2. The molecule has 0 aliphatic carbocycles. The third-order valence-electron chi connectivity index (χ3n) is 3.06. The molecule has 2 aromatic carbocycles. The van der Waals surface area contributed by atoms with Crippen molar-refractivity contribution < 1.29 is 14.8 Å². The Hall–Kier alpha value is -2.41. The lowest BCUT2D eigenvalue weighted by Gasteiger charge is -2.07. The van der Waals surface area contributed by atoms with E-state index in [9.17, 15) is 9.59 Å². The number of benzene rings is 2. The van der Waals surface area contributed by atoms with E-state index in [1.807, 2.05) is 0 Å². The minimum Gasteiger partial charge on any atom is -0.325 e. The first-order valence-electron chi connectivity index (χ1n) is 6.88. The molecule has 7 heteroatoms. The smallest absolute Gasteiger partial charge is 0.274 e. The summed E-state index contributed by atoms with van der Waals surface area (Å²) >= 11 is 5.78. The Morgan fingerprint density at radius 1 is 1.00 bits per heavy atom. The van der Waals surface area contributed by atoms with E-state index in [-0.39, 0.29) is 12.5 Å². The molecule has 0 heterocycles. The number of halogens is 1. The highest BCUT2D eigenvalue weighted by atomic mass is 35.5. The van der Waals surface area contributed by atoms with Crippen molar-refractivity contribution in [3.05, 3.63) is 64.7 Å². The van der Waals surface area contributed by atoms with E-state index < -0.39 is 5.91 Å². The second-order valence-electron chi connectivity index (χ2n) is 4.80. The Morgan fingerprint density at radius 2 is 1.65 bits per heavy atom. The van der Waals surface area contributed by atoms with Crippen molar-refractivity contribution in [3.63, 3.8) is 0 Å². The van der Waals surface area contributed by atoms with Crippen LogP contribution in [0.2, 0.25) is 5.02 Å². The lowest BCUT2D eigenvalue weighted by atomic mass is 10.1. The average molecular weight is 334 g/mol. The summed E-state index contributed by atoms with van der Waals surface area (Å²) in [6, 6.07) is 13.5. The fourth-order valence-corrected chi connectivity index (χ4v) is 2.02. The normalized spacial score (nSPS) is 10.2. The fraction of sp³-hybridized carbons (Fsp3) is 0.125. The van der Waals surface area contributed by atoms with Crippen LogP contribution in [-0.4, -0.2) is 23.6 Å². The standard InChI is InChI=1S/C16H16ClN3O3/c17-13-5-7-14(8-6-13)19-15(21)10-18-9-11-1-3-12(4-2-11)16(22)20-23/h1-8,18,23H,9-10H2,(H,19,21)(H,20,22). The highest BCUT2D eigenvalue weighted by Crippen LogP contribution is 2.13. The third-order valence-corrected chi connectivity index (χ3v) is 3.31. The van der Waals surface area contributed by atoms with Gasteiger partial charge in [0.05, 0.1) is 6.54 Å². The molecule has 0 saturated carbocycles. The van der Waals surface area contributed by atoms with E-state index in [2.05, 4.69) is 10.6 Å². The van der Waals surface area contributed by atoms with Gasteiger partial charge in [-0.25, -0.2) is 5.48 Å². The molecule has 0 spiro atoms. The number of carbonyl (C=O) groups is 2. The number of hydroxylamine groups is 1. The monoisotopic (exact) mass is 333 g/mol. The van der Waals surface area contributed by atoms with Crippen molar-refractivity contribution in [2.24, 2.45) is 0 Å². The Bertz CT molecular complexity index is 672. The summed E-state index contributed by atoms with van der Waals surface area (Å²) in [5.41, 5.74) is 3.52. The van der Waals surface area contributed by atoms with Crippen molar-refractivity contribution in [1.29, 1.82) is 0 Å². The van der Waals surface area contributed by atoms with Crippen molar-refractivity contribution in [2.45, 2.75) is 6.54 Å². The van der Waals surface area contributed by atoms with E-state index in [1.54, 1.807) is 54.0 Å². The van der Waals surface area contributed by atoms with Crippen molar-refractivity contribution >= 4 is 29.1 Å². The van der Waals surface area contributed by atoms with Crippen molar-refractivity contribution in [2.75, 3.05) is 11.9 Å². The molecular formula is C16H16ClN3O3. The quantitative estimate of drug-likeness (QED) is 0.482. The van der Waals surface area contributed by atoms with E-state index in [0.29, 0.717) is 22.8 Å². The van der Waals surface area contributed by atoms with Gasteiger partial charge in [-0.15, -0.1) is 0 Å². The van der Waals surface area contributed by atoms with Crippen LogP contribution in [-0.2, 0) is 11.3 Å². The van der Waals surface area contributed by atoms with Crippen LogP contribution < -0.4 is 16.1 Å². The molecule has 23 heavy (non-hydrogen) atoms. The largest absolute Gasteiger partial charge is 0.325 e. The first kappa shape index (κ1) is 17.0. The first-order valence-corrected chi connectivity index (χ1v) is 7.26. The van der Waals surface area contributed by atoms with Crippen LogP contribution in [0.1, 0.15) is 15.9 Å². The third kappa shape index (κ3) is 5.37. The van der Waals surface area contributed by atoms with E-state index in [1.165, 1.54) is 0 Å². The van der Waals surface area contributed by atoms with Gasteiger partial charge in [0, 0.05) is 22.8 Å². The first-order chi connectivity index (χ1) is 11.1. The summed E-state index contributed by atoms with van der Waals surface area (Å²) in [5.74, 6) is -0.726. The number of hydrogen-bond acceptors (Lipinski definition) is 4. The van der Waals surface area contributed by atoms with Gasteiger partial charge < -0.3 is 10.6 Å². The van der Waals surface area contributed by atoms with Gasteiger partial charge in [0.15, 0.2) is 0 Å². The predicted octanol–water partition coefficient (Wildman–Crippen LogP) is 2.19. The zero-order valence-corrected chi connectivity index (χ0v) is 12.9. The molecule has 4 N–H and O–H groups in total. The lowest BCUT2D eigenvalue weighted by Crippen LogP contribution is -2.27. The SMILES string of the molecule is O=C(CNCc1ccc(C(=O)NO)cc1)Nc1ccc(Cl)cc1. The number of nitrogens with one attached hydrogen (secondary N) is 3. The van der Waals surface area contributed by atoms with Gasteiger partial charge >= 0.3 is 0 Å². The number of rotatable bonds is 6. The maximum atomic E-state index is 11.8. The van der Waals surface area contributed by atoms with Crippen LogP contribution in [0.5, 0.6) is 0 Å². The Morgan fingerprint density at radius 3 is 2.26 bits per heavy atom. The average Bonchev–Trinajstić information content (AvgIpc) is 2.57. The zero-order valence-electron chi connectivity index (χ0n) is 12.2. The van der Waals surface area contributed by atoms with Gasteiger partial charge in [-0.05, 0) is 42.0 Å². The van der Waals surface area contributed by atoms with E-state index >= 15 is 0 Å². The molecule has 0 aromatic heterocycles. The fourth-order valence-electron chi connectivity index (χ4n) is 1.90. The molecule has 120 valence electrons. The van der Waals surface area contributed by atoms with E-state index in [4.69, 9.17) is 16.8 Å². The van der Waals surface area contributed by atoms with Crippen molar-refractivity contribution in [1.82, 2.24) is 10.8 Å². The van der Waals surface area contributed by atoms with Crippen LogP contribution in [0.25, 0.3) is 0 Å². The molecule has 2 amide bonds. The Balaban J connectivity index is 1.77.